The van der Waals surface area contributed by atoms with Gasteiger partial charge in [0.05, 0.1) is 5.02 Å². The largest absolute Gasteiger partial charge is 0.385 e. The van der Waals surface area contributed by atoms with Crippen molar-refractivity contribution in [3.63, 3.8) is 0 Å². The van der Waals surface area contributed by atoms with Gasteiger partial charge in [0.15, 0.2) is 5.11 Å². The van der Waals surface area contributed by atoms with Gasteiger partial charge in [-0.2, -0.15) is 0 Å². The highest BCUT2D eigenvalue weighted by Gasteiger charge is 2.19. The molecule has 0 radical (unpaired) electrons. The van der Waals surface area contributed by atoms with Gasteiger partial charge >= 0.3 is 0 Å². The van der Waals surface area contributed by atoms with Crippen molar-refractivity contribution >= 4 is 56.3 Å². The van der Waals surface area contributed by atoms with Gasteiger partial charge < -0.3 is 10.1 Å². The van der Waals surface area contributed by atoms with E-state index in [4.69, 9.17) is 28.6 Å². The Hall–Kier alpha value is -1.48. The Kier molecular flexibility index (Phi) is 6.73. The molecule has 0 saturated carbocycles. The molecule has 1 amide bonds. The van der Waals surface area contributed by atoms with Crippen LogP contribution in [0.4, 0.5) is 4.39 Å². The fourth-order valence-corrected chi connectivity index (χ4v) is 3.55. The van der Waals surface area contributed by atoms with Crippen molar-refractivity contribution in [3.8, 4) is 0 Å². The first-order valence-electron chi connectivity index (χ1n) is 7.13. The first kappa shape index (κ1) is 18.9. The second-order valence-electron chi connectivity index (χ2n) is 4.96. The molecule has 0 aliphatic heterocycles. The smallest absolute Gasteiger partial charge is 0.281 e. The molecule has 24 heavy (non-hydrogen) atoms. The van der Waals surface area contributed by atoms with E-state index in [1.54, 1.807) is 20.2 Å². The van der Waals surface area contributed by atoms with Crippen LogP contribution in [-0.2, 0) is 4.74 Å². The van der Waals surface area contributed by atoms with Crippen LogP contribution in [0.5, 0.6) is 0 Å². The lowest BCUT2D eigenvalue weighted by molar-refractivity contribution is 0.0890. The van der Waals surface area contributed by atoms with Gasteiger partial charge in [0.1, 0.15) is 10.7 Å². The number of benzene rings is 1. The molecule has 0 aliphatic rings. The highest BCUT2D eigenvalue weighted by atomic mass is 35.5. The first-order chi connectivity index (χ1) is 11.4. The number of hydrogen-bond donors (Lipinski definition) is 2. The summed E-state index contributed by atoms with van der Waals surface area (Å²) in [4.78, 5) is 12.7. The molecule has 0 fully saturated rings. The van der Waals surface area contributed by atoms with Crippen molar-refractivity contribution in [3.05, 3.63) is 33.9 Å². The summed E-state index contributed by atoms with van der Waals surface area (Å²) >= 11 is 12.6. The SMILES string of the molecule is COCCCNC(=S)N(C)NC(=O)c1sc2cc(F)ccc2c1Cl. The number of nitrogens with one attached hydrogen (secondary N) is 2. The molecule has 2 rings (SSSR count). The molecule has 2 aromatic rings. The first-order valence-corrected chi connectivity index (χ1v) is 8.73. The van der Waals surface area contributed by atoms with E-state index in [-0.39, 0.29) is 5.82 Å². The maximum Gasteiger partial charge on any atom is 0.281 e. The Bertz CT molecular complexity index is 754. The lowest BCUT2D eigenvalue weighted by Crippen LogP contribution is -2.48. The zero-order valence-electron chi connectivity index (χ0n) is 13.2. The molecule has 5 nitrogen and oxygen atoms in total. The van der Waals surface area contributed by atoms with Crippen LogP contribution in [0.25, 0.3) is 10.1 Å². The molecule has 130 valence electrons. The fraction of sp³-hybridized carbons (Fsp3) is 0.333. The van der Waals surface area contributed by atoms with Gasteiger partial charge in [-0.3, -0.25) is 15.2 Å². The second-order valence-corrected chi connectivity index (χ2v) is 6.78. The monoisotopic (exact) mass is 389 g/mol. The Morgan fingerprint density at radius 2 is 2.25 bits per heavy atom. The third-order valence-corrected chi connectivity index (χ3v) is 5.25. The fourth-order valence-electron chi connectivity index (χ4n) is 1.97. The van der Waals surface area contributed by atoms with Crippen molar-refractivity contribution in [1.29, 1.82) is 0 Å². The number of carbonyl (C=O) groups excluding carboxylic acids is 1. The number of ether oxygens (including phenoxy) is 1. The van der Waals surface area contributed by atoms with E-state index in [0.717, 1.165) is 17.8 Å². The Labute approximate surface area is 153 Å². The van der Waals surface area contributed by atoms with Gasteiger partial charge in [-0.25, -0.2) is 4.39 Å². The molecule has 1 heterocycles. The van der Waals surface area contributed by atoms with Gasteiger partial charge in [-0.15, -0.1) is 11.3 Å². The van der Waals surface area contributed by atoms with Crippen molar-refractivity contribution in [1.82, 2.24) is 15.8 Å². The van der Waals surface area contributed by atoms with E-state index in [9.17, 15) is 9.18 Å². The number of fused-ring (bicyclic) bond motifs is 1. The molecule has 0 atom stereocenters. The molecule has 9 heteroatoms. The van der Waals surface area contributed by atoms with Gasteiger partial charge in [0.25, 0.3) is 5.91 Å². The average molecular weight is 390 g/mol. The summed E-state index contributed by atoms with van der Waals surface area (Å²) in [7, 11) is 3.26. The van der Waals surface area contributed by atoms with E-state index in [0.29, 0.717) is 38.2 Å². The molecular weight excluding hydrogens is 373 g/mol. The van der Waals surface area contributed by atoms with Crippen LogP contribution in [0, 0.1) is 5.82 Å². The van der Waals surface area contributed by atoms with Gasteiger partial charge in [0, 0.05) is 37.4 Å². The Balaban J connectivity index is 2.01. The van der Waals surface area contributed by atoms with E-state index in [1.807, 2.05) is 0 Å². The van der Waals surface area contributed by atoms with Crippen molar-refractivity contribution in [2.45, 2.75) is 6.42 Å². The minimum absolute atomic E-state index is 0.305. The van der Waals surface area contributed by atoms with Gasteiger partial charge in [-0.05, 0) is 36.8 Å². The predicted molar refractivity (Wildman–Crippen MR) is 99.1 cm³/mol. The number of methoxy groups -OCH3 is 1. The summed E-state index contributed by atoms with van der Waals surface area (Å²) < 4.78 is 18.9. The minimum Gasteiger partial charge on any atom is -0.385 e. The molecule has 0 unspecified atom stereocenters. The number of rotatable bonds is 5. The van der Waals surface area contributed by atoms with E-state index in [1.165, 1.54) is 17.1 Å². The molecular formula is C15H17ClFN3O2S2. The molecule has 0 saturated heterocycles. The molecule has 1 aromatic carbocycles. The molecule has 0 spiro atoms. The number of amides is 1. The predicted octanol–water partition coefficient (Wildman–Crippen LogP) is 3.18. The Morgan fingerprint density at radius 1 is 1.50 bits per heavy atom. The summed E-state index contributed by atoms with van der Waals surface area (Å²) in [6.07, 6.45) is 0.798. The number of thiocarbonyl (C=S) groups is 1. The highest BCUT2D eigenvalue weighted by molar-refractivity contribution is 7.80. The summed E-state index contributed by atoms with van der Waals surface area (Å²) in [5.41, 5.74) is 2.64. The zero-order chi connectivity index (χ0) is 17.7. The maximum atomic E-state index is 13.3. The Morgan fingerprint density at radius 3 is 2.96 bits per heavy atom. The number of hydrazine groups is 1. The number of hydrogen-bond acceptors (Lipinski definition) is 4. The van der Waals surface area contributed by atoms with E-state index in [2.05, 4.69) is 10.7 Å². The zero-order valence-corrected chi connectivity index (χ0v) is 15.6. The molecule has 1 aromatic heterocycles. The molecule has 0 bridgehead atoms. The number of carbonyl (C=O) groups is 1. The van der Waals surface area contributed by atoms with Crippen LogP contribution >= 0.6 is 35.2 Å². The standard InChI is InChI=1S/C15H17ClFN3O2S2/c1-20(15(23)18-6-3-7-22-2)19-14(21)13-12(16)10-5-4-9(17)8-11(10)24-13/h4-5,8H,3,6-7H2,1-2H3,(H,18,23)(H,19,21). The summed E-state index contributed by atoms with van der Waals surface area (Å²) in [5, 5.41) is 5.75. The normalized spacial score (nSPS) is 10.7. The molecule has 2 N–H and O–H groups in total. The topological polar surface area (TPSA) is 53.6 Å². The van der Waals surface area contributed by atoms with E-state index >= 15 is 0 Å². The second kappa shape index (κ2) is 8.57. The van der Waals surface area contributed by atoms with Crippen LogP contribution in [-0.4, -0.2) is 43.3 Å². The van der Waals surface area contributed by atoms with Crippen molar-refractivity contribution in [2.75, 3.05) is 27.3 Å². The summed E-state index contributed by atoms with van der Waals surface area (Å²) in [5.74, 6) is -0.768. The maximum absolute atomic E-state index is 13.3. The van der Waals surface area contributed by atoms with Crippen LogP contribution < -0.4 is 10.7 Å². The van der Waals surface area contributed by atoms with Crippen LogP contribution in [0.1, 0.15) is 16.1 Å². The van der Waals surface area contributed by atoms with Crippen LogP contribution in [0.2, 0.25) is 5.02 Å². The highest BCUT2D eigenvalue weighted by Crippen LogP contribution is 2.35. The molecule has 0 aliphatic carbocycles. The third kappa shape index (κ3) is 4.54. The van der Waals surface area contributed by atoms with Crippen molar-refractivity contribution < 1.29 is 13.9 Å². The third-order valence-electron chi connectivity index (χ3n) is 3.17. The van der Waals surface area contributed by atoms with E-state index < -0.39 is 5.91 Å². The summed E-state index contributed by atoms with van der Waals surface area (Å²) in [6, 6.07) is 4.23. The van der Waals surface area contributed by atoms with Gasteiger partial charge in [0.2, 0.25) is 0 Å². The van der Waals surface area contributed by atoms with Crippen molar-refractivity contribution in [2.24, 2.45) is 0 Å². The summed E-state index contributed by atoms with van der Waals surface area (Å²) in [6.45, 7) is 1.26. The van der Waals surface area contributed by atoms with Gasteiger partial charge in [-0.1, -0.05) is 11.6 Å². The van der Waals surface area contributed by atoms with Crippen LogP contribution in [0.3, 0.4) is 0 Å². The number of thiophene rings is 1. The minimum atomic E-state index is -0.398. The number of nitrogens with zero attached hydrogens (tertiary/aromatic N) is 1. The number of halogens is 2. The lowest BCUT2D eigenvalue weighted by Gasteiger charge is -2.21. The lowest BCUT2D eigenvalue weighted by atomic mass is 10.2. The quantitative estimate of drug-likeness (QED) is 0.467. The average Bonchev–Trinajstić information content (AvgIpc) is 2.87. The van der Waals surface area contributed by atoms with Crippen LogP contribution in [0.15, 0.2) is 18.2 Å².